The third-order valence-corrected chi connectivity index (χ3v) is 3.24. The number of anilines is 2. The first-order valence-electron chi connectivity index (χ1n) is 7.48. The molecule has 0 bridgehead atoms. The van der Waals surface area contributed by atoms with Gasteiger partial charge in [0.15, 0.2) is 5.82 Å². The van der Waals surface area contributed by atoms with Gasteiger partial charge in [0.2, 0.25) is 5.88 Å². The number of nitrogen functional groups attached to an aromatic ring is 1. The second-order valence-corrected chi connectivity index (χ2v) is 5.34. The molecule has 1 aromatic heterocycles. The van der Waals surface area contributed by atoms with Crippen LogP contribution in [-0.2, 0) is 4.74 Å². The van der Waals surface area contributed by atoms with Crippen molar-refractivity contribution in [1.82, 2.24) is 14.9 Å². The topological polar surface area (TPSA) is 85.5 Å². The van der Waals surface area contributed by atoms with Crippen LogP contribution in [0.25, 0.3) is 0 Å². The predicted octanol–water partition coefficient (Wildman–Crippen LogP) is 0.980. The summed E-state index contributed by atoms with van der Waals surface area (Å²) in [6.45, 7) is 9.46. The van der Waals surface area contributed by atoms with Gasteiger partial charge in [0.05, 0.1) is 19.3 Å². The van der Waals surface area contributed by atoms with E-state index >= 15 is 0 Å². The molecule has 0 aliphatic carbocycles. The molecule has 1 aliphatic heterocycles. The molecule has 0 aromatic carbocycles. The van der Waals surface area contributed by atoms with Crippen LogP contribution in [0.1, 0.15) is 20.3 Å². The van der Waals surface area contributed by atoms with E-state index in [9.17, 15) is 0 Å². The summed E-state index contributed by atoms with van der Waals surface area (Å²) in [5.41, 5.74) is 6.49. The van der Waals surface area contributed by atoms with Gasteiger partial charge >= 0.3 is 0 Å². The summed E-state index contributed by atoms with van der Waals surface area (Å²) in [7, 11) is 0. The van der Waals surface area contributed by atoms with Gasteiger partial charge in [-0.25, -0.2) is 4.98 Å². The molecule has 0 radical (unpaired) electrons. The van der Waals surface area contributed by atoms with Crippen LogP contribution in [-0.4, -0.2) is 60.4 Å². The van der Waals surface area contributed by atoms with Crippen LogP contribution in [0.15, 0.2) is 6.33 Å². The van der Waals surface area contributed by atoms with E-state index in [1.165, 1.54) is 6.33 Å². The highest BCUT2D eigenvalue weighted by atomic mass is 16.5. The highest BCUT2D eigenvalue weighted by Gasteiger charge is 2.11. The summed E-state index contributed by atoms with van der Waals surface area (Å²) in [4.78, 5) is 10.6. The van der Waals surface area contributed by atoms with E-state index in [1.807, 2.05) is 13.8 Å². The van der Waals surface area contributed by atoms with E-state index in [0.29, 0.717) is 17.4 Å². The molecule has 0 amide bonds. The summed E-state index contributed by atoms with van der Waals surface area (Å²) in [5.74, 6) is 1.08. The summed E-state index contributed by atoms with van der Waals surface area (Å²) < 4.78 is 10.9. The molecule has 118 valence electrons. The van der Waals surface area contributed by atoms with E-state index < -0.39 is 0 Å². The average molecular weight is 295 g/mol. The molecule has 0 saturated carbocycles. The van der Waals surface area contributed by atoms with Crippen molar-refractivity contribution in [3.63, 3.8) is 0 Å². The van der Waals surface area contributed by atoms with Crippen LogP contribution in [0.5, 0.6) is 5.88 Å². The lowest BCUT2D eigenvalue weighted by molar-refractivity contribution is 0.0378. The normalized spacial score (nSPS) is 16.1. The Morgan fingerprint density at radius 2 is 2.14 bits per heavy atom. The Morgan fingerprint density at radius 3 is 2.86 bits per heavy atom. The van der Waals surface area contributed by atoms with Crippen molar-refractivity contribution in [2.45, 2.75) is 26.4 Å². The molecule has 1 aromatic rings. The van der Waals surface area contributed by atoms with Crippen molar-refractivity contribution in [2.24, 2.45) is 0 Å². The van der Waals surface area contributed by atoms with E-state index in [1.54, 1.807) is 0 Å². The van der Waals surface area contributed by atoms with Crippen molar-refractivity contribution >= 4 is 11.5 Å². The van der Waals surface area contributed by atoms with Gasteiger partial charge in [0.25, 0.3) is 0 Å². The monoisotopic (exact) mass is 295 g/mol. The van der Waals surface area contributed by atoms with Crippen LogP contribution in [0.4, 0.5) is 11.5 Å². The number of hydrogen-bond donors (Lipinski definition) is 2. The molecule has 1 aliphatic rings. The third-order valence-electron chi connectivity index (χ3n) is 3.24. The third kappa shape index (κ3) is 5.02. The van der Waals surface area contributed by atoms with Crippen LogP contribution in [0.2, 0.25) is 0 Å². The molecule has 1 saturated heterocycles. The highest BCUT2D eigenvalue weighted by molar-refractivity contribution is 5.66. The first kappa shape index (κ1) is 15.8. The molecule has 7 heteroatoms. The smallest absolute Gasteiger partial charge is 0.242 e. The second kappa shape index (κ2) is 7.99. The quantitative estimate of drug-likeness (QED) is 0.725. The molecule has 3 N–H and O–H groups in total. The maximum atomic E-state index is 6.02. The Balaban J connectivity index is 1.77. The number of ether oxygens (including phenoxy) is 2. The highest BCUT2D eigenvalue weighted by Crippen LogP contribution is 2.25. The summed E-state index contributed by atoms with van der Waals surface area (Å²) >= 11 is 0. The molecular formula is C14H25N5O2. The number of nitrogens with one attached hydrogen (secondary N) is 1. The fourth-order valence-corrected chi connectivity index (χ4v) is 2.17. The van der Waals surface area contributed by atoms with Crippen LogP contribution >= 0.6 is 0 Å². The Labute approximate surface area is 125 Å². The second-order valence-electron chi connectivity index (χ2n) is 5.34. The number of rotatable bonds is 7. The van der Waals surface area contributed by atoms with Crippen LogP contribution in [0.3, 0.4) is 0 Å². The van der Waals surface area contributed by atoms with Crippen molar-refractivity contribution in [2.75, 3.05) is 50.4 Å². The van der Waals surface area contributed by atoms with Crippen molar-refractivity contribution in [3.8, 4) is 5.88 Å². The Kier molecular flexibility index (Phi) is 6.01. The minimum atomic E-state index is 0.0383. The molecule has 21 heavy (non-hydrogen) atoms. The first-order valence-corrected chi connectivity index (χ1v) is 7.48. The van der Waals surface area contributed by atoms with Gasteiger partial charge in [-0.05, 0) is 26.8 Å². The Bertz CT molecular complexity index is 435. The van der Waals surface area contributed by atoms with Crippen molar-refractivity contribution in [3.05, 3.63) is 6.33 Å². The molecule has 7 nitrogen and oxygen atoms in total. The Hall–Kier alpha value is -1.60. The summed E-state index contributed by atoms with van der Waals surface area (Å²) in [5, 5.41) is 3.25. The van der Waals surface area contributed by atoms with Crippen molar-refractivity contribution < 1.29 is 9.47 Å². The standard InChI is InChI=1S/C14H25N5O2/c1-11(2)21-14-12(15)13(17-10-18-14)16-4-3-5-19-6-8-20-9-7-19/h10-11H,3-9,15H2,1-2H3,(H,16,17,18). The number of hydrogen-bond acceptors (Lipinski definition) is 7. The SMILES string of the molecule is CC(C)Oc1ncnc(NCCCN2CCOCC2)c1N. The lowest BCUT2D eigenvalue weighted by atomic mass is 10.3. The lowest BCUT2D eigenvalue weighted by Gasteiger charge is -2.26. The predicted molar refractivity (Wildman–Crippen MR) is 82.6 cm³/mol. The first-order chi connectivity index (χ1) is 10.2. The molecule has 0 spiro atoms. The van der Waals surface area contributed by atoms with E-state index in [4.69, 9.17) is 15.2 Å². The number of nitrogens with zero attached hydrogens (tertiary/aromatic N) is 3. The number of morpholine rings is 1. The molecule has 0 atom stereocenters. The number of aromatic nitrogens is 2. The largest absolute Gasteiger partial charge is 0.473 e. The van der Waals surface area contributed by atoms with E-state index in [2.05, 4.69) is 20.2 Å². The van der Waals surface area contributed by atoms with Gasteiger partial charge in [0, 0.05) is 19.6 Å². The zero-order valence-electron chi connectivity index (χ0n) is 12.8. The zero-order valence-corrected chi connectivity index (χ0v) is 12.8. The fourth-order valence-electron chi connectivity index (χ4n) is 2.17. The maximum absolute atomic E-state index is 6.02. The van der Waals surface area contributed by atoms with E-state index in [-0.39, 0.29) is 6.10 Å². The van der Waals surface area contributed by atoms with Gasteiger partial charge in [-0.2, -0.15) is 4.98 Å². The molecule has 1 fully saturated rings. The fraction of sp³-hybridized carbons (Fsp3) is 0.714. The average Bonchev–Trinajstić information content (AvgIpc) is 2.48. The minimum Gasteiger partial charge on any atom is -0.473 e. The Morgan fingerprint density at radius 1 is 1.38 bits per heavy atom. The minimum absolute atomic E-state index is 0.0383. The molecular weight excluding hydrogens is 270 g/mol. The van der Waals surface area contributed by atoms with Gasteiger partial charge < -0.3 is 20.5 Å². The maximum Gasteiger partial charge on any atom is 0.242 e. The van der Waals surface area contributed by atoms with Gasteiger partial charge in [-0.1, -0.05) is 0 Å². The lowest BCUT2D eigenvalue weighted by Crippen LogP contribution is -2.37. The van der Waals surface area contributed by atoms with Gasteiger partial charge in [0.1, 0.15) is 12.0 Å². The molecule has 0 unspecified atom stereocenters. The van der Waals surface area contributed by atoms with E-state index in [0.717, 1.165) is 45.8 Å². The molecule has 2 heterocycles. The summed E-state index contributed by atoms with van der Waals surface area (Å²) in [6, 6.07) is 0. The number of nitrogens with two attached hydrogens (primary N) is 1. The van der Waals surface area contributed by atoms with Gasteiger partial charge in [-0.15, -0.1) is 0 Å². The van der Waals surface area contributed by atoms with Crippen molar-refractivity contribution in [1.29, 1.82) is 0 Å². The van der Waals surface area contributed by atoms with Crippen LogP contribution < -0.4 is 15.8 Å². The zero-order chi connectivity index (χ0) is 15.1. The summed E-state index contributed by atoms with van der Waals surface area (Å²) in [6.07, 6.45) is 2.54. The van der Waals surface area contributed by atoms with Crippen LogP contribution in [0, 0.1) is 0 Å². The van der Waals surface area contributed by atoms with Gasteiger partial charge in [-0.3, -0.25) is 4.90 Å². The molecule has 2 rings (SSSR count).